The molecule has 17 heavy (non-hydrogen) atoms. The van der Waals surface area contributed by atoms with Gasteiger partial charge in [0.25, 0.3) is 0 Å². The van der Waals surface area contributed by atoms with Gasteiger partial charge in [-0.05, 0) is 50.5 Å². The molecule has 2 fully saturated rings. The number of nitrogens with zero attached hydrogens (tertiary/aromatic N) is 1. The molecule has 2 aliphatic rings. The van der Waals surface area contributed by atoms with E-state index < -0.39 is 0 Å². The first-order valence-electron chi connectivity index (χ1n) is 7.20. The van der Waals surface area contributed by atoms with Crippen molar-refractivity contribution in [3.63, 3.8) is 0 Å². The molecular weight excluding hydrogens is 212 g/mol. The highest BCUT2D eigenvalue weighted by Crippen LogP contribution is 2.25. The lowest BCUT2D eigenvalue weighted by Gasteiger charge is -2.24. The minimum atomic E-state index is 0.116. The summed E-state index contributed by atoms with van der Waals surface area (Å²) in [6.07, 6.45) is 5.85. The molecule has 0 aromatic rings. The summed E-state index contributed by atoms with van der Waals surface area (Å²) in [5, 5.41) is 3.32. The van der Waals surface area contributed by atoms with Gasteiger partial charge in [0.15, 0.2) is 0 Å². The van der Waals surface area contributed by atoms with Gasteiger partial charge in [0.2, 0.25) is 5.91 Å². The molecule has 0 aliphatic carbocycles. The first-order chi connectivity index (χ1) is 8.18. The van der Waals surface area contributed by atoms with E-state index in [9.17, 15) is 4.79 Å². The van der Waals surface area contributed by atoms with Crippen LogP contribution in [0, 0.1) is 11.8 Å². The third-order valence-electron chi connectivity index (χ3n) is 4.39. The van der Waals surface area contributed by atoms with Crippen LogP contribution in [0.1, 0.15) is 46.0 Å². The van der Waals surface area contributed by atoms with Crippen LogP contribution in [0.25, 0.3) is 0 Å². The van der Waals surface area contributed by atoms with Crippen LogP contribution in [0.4, 0.5) is 0 Å². The van der Waals surface area contributed by atoms with Gasteiger partial charge in [-0.3, -0.25) is 4.79 Å². The van der Waals surface area contributed by atoms with Crippen molar-refractivity contribution in [3.05, 3.63) is 0 Å². The zero-order chi connectivity index (χ0) is 12.3. The van der Waals surface area contributed by atoms with Gasteiger partial charge in [-0.25, -0.2) is 0 Å². The molecule has 0 aromatic carbocycles. The Hall–Kier alpha value is -0.570. The molecule has 1 unspecified atom stereocenters. The zero-order valence-corrected chi connectivity index (χ0v) is 11.2. The molecule has 1 N–H and O–H groups in total. The number of nitrogens with one attached hydrogen (secondary N) is 1. The molecule has 2 atom stereocenters. The number of likely N-dealkylation sites (tertiary alicyclic amines) is 1. The summed E-state index contributed by atoms with van der Waals surface area (Å²) in [7, 11) is 0. The van der Waals surface area contributed by atoms with Crippen LogP contribution in [-0.2, 0) is 4.79 Å². The Morgan fingerprint density at radius 2 is 2.00 bits per heavy atom. The maximum absolute atomic E-state index is 12.3. The summed E-state index contributed by atoms with van der Waals surface area (Å²) in [6.45, 7) is 7.57. The number of carbonyl (C=O) groups is 1. The van der Waals surface area contributed by atoms with E-state index in [0.29, 0.717) is 5.91 Å². The van der Waals surface area contributed by atoms with E-state index in [-0.39, 0.29) is 6.04 Å². The average Bonchev–Trinajstić information content (AvgIpc) is 2.71. The number of hydrogen-bond acceptors (Lipinski definition) is 2. The van der Waals surface area contributed by atoms with Crippen molar-refractivity contribution in [1.29, 1.82) is 0 Å². The molecule has 2 saturated heterocycles. The fourth-order valence-corrected chi connectivity index (χ4v) is 3.12. The zero-order valence-electron chi connectivity index (χ0n) is 11.2. The number of rotatable bonds is 2. The van der Waals surface area contributed by atoms with E-state index in [1.807, 2.05) is 0 Å². The second-order valence-corrected chi connectivity index (χ2v) is 5.91. The second kappa shape index (κ2) is 5.85. The molecule has 3 nitrogen and oxygen atoms in total. The van der Waals surface area contributed by atoms with Gasteiger partial charge in [-0.1, -0.05) is 13.8 Å². The van der Waals surface area contributed by atoms with Gasteiger partial charge in [0, 0.05) is 13.1 Å². The van der Waals surface area contributed by atoms with Gasteiger partial charge >= 0.3 is 0 Å². The maximum atomic E-state index is 12.3. The van der Waals surface area contributed by atoms with Crippen LogP contribution < -0.4 is 5.32 Å². The van der Waals surface area contributed by atoms with Gasteiger partial charge in [-0.15, -0.1) is 0 Å². The lowest BCUT2D eigenvalue weighted by atomic mass is 9.89. The van der Waals surface area contributed by atoms with Crippen molar-refractivity contribution in [1.82, 2.24) is 10.2 Å². The van der Waals surface area contributed by atoms with Crippen molar-refractivity contribution in [3.8, 4) is 0 Å². The molecule has 2 rings (SSSR count). The fourth-order valence-electron chi connectivity index (χ4n) is 3.12. The minimum Gasteiger partial charge on any atom is -0.341 e. The van der Waals surface area contributed by atoms with Crippen LogP contribution in [0.2, 0.25) is 0 Å². The van der Waals surface area contributed by atoms with E-state index in [0.717, 1.165) is 44.3 Å². The Balaban J connectivity index is 1.87. The minimum absolute atomic E-state index is 0.116. The largest absolute Gasteiger partial charge is 0.341 e. The molecule has 0 spiro atoms. The Labute approximate surface area is 105 Å². The highest BCUT2D eigenvalue weighted by atomic mass is 16.2. The van der Waals surface area contributed by atoms with Crippen molar-refractivity contribution in [2.45, 2.75) is 52.0 Å². The molecule has 0 saturated carbocycles. The normalized spacial score (nSPS) is 30.6. The molecule has 0 bridgehead atoms. The summed E-state index contributed by atoms with van der Waals surface area (Å²) in [5.74, 6) is 1.92. The van der Waals surface area contributed by atoms with Crippen molar-refractivity contribution >= 4 is 5.91 Å². The Morgan fingerprint density at radius 3 is 2.65 bits per heavy atom. The van der Waals surface area contributed by atoms with Gasteiger partial charge in [-0.2, -0.15) is 0 Å². The molecule has 1 amide bonds. The highest BCUT2D eigenvalue weighted by molar-refractivity contribution is 5.82. The summed E-state index contributed by atoms with van der Waals surface area (Å²) in [4.78, 5) is 14.4. The molecule has 0 aromatic heterocycles. The molecule has 98 valence electrons. The predicted molar refractivity (Wildman–Crippen MR) is 69.8 cm³/mol. The molecule has 0 radical (unpaired) electrons. The van der Waals surface area contributed by atoms with Gasteiger partial charge < -0.3 is 10.2 Å². The van der Waals surface area contributed by atoms with Crippen LogP contribution >= 0.6 is 0 Å². The first kappa shape index (κ1) is 12.9. The summed E-state index contributed by atoms with van der Waals surface area (Å²) < 4.78 is 0. The number of hydrogen-bond donors (Lipinski definition) is 1. The van der Waals surface area contributed by atoms with Crippen molar-refractivity contribution < 1.29 is 4.79 Å². The van der Waals surface area contributed by atoms with E-state index in [4.69, 9.17) is 0 Å². The molecule has 2 heterocycles. The van der Waals surface area contributed by atoms with Crippen LogP contribution in [0.5, 0.6) is 0 Å². The van der Waals surface area contributed by atoms with Crippen LogP contribution in [0.3, 0.4) is 0 Å². The standard InChI is InChI=1S/C14H26N2O/c1-11(2)12-5-4-9-16(10-7-12)14(17)13-6-3-8-15-13/h11-13,15H,3-10H2,1-2H3/t12?,13-/m0/s1. The van der Waals surface area contributed by atoms with Crippen molar-refractivity contribution in [2.24, 2.45) is 11.8 Å². The van der Waals surface area contributed by atoms with E-state index in [1.54, 1.807) is 0 Å². The summed E-state index contributed by atoms with van der Waals surface area (Å²) in [6, 6.07) is 0.116. The number of carbonyl (C=O) groups excluding carboxylic acids is 1. The van der Waals surface area contributed by atoms with Crippen LogP contribution in [0.15, 0.2) is 0 Å². The molecule has 3 heteroatoms. The average molecular weight is 238 g/mol. The molecule has 2 aliphatic heterocycles. The van der Waals surface area contributed by atoms with Gasteiger partial charge in [0.1, 0.15) is 0 Å². The fraction of sp³-hybridized carbons (Fsp3) is 0.929. The molecular formula is C14H26N2O. The third kappa shape index (κ3) is 3.21. The highest BCUT2D eigenvalue weighted by Gasteiger charge is 2.28. The summed E-state index contributed by atoms with van der Waals surface area (Å²) in [5.41, 5.74) is 0. The Morgan fingerprint density at radius 1 is 1.18 bits per heavy atom. The van der Waals surface area contributed by atoms with Crippen molar-refractivity contribution in [2.75, 3.05) is 19.6 Å². The smallest absolute Gasteiger partial charge is 0.239 e. The SMILES string of the molecule is CC(C)C1CCCN(C(=O)[C@@H]2CCCN2)CC1. The number of amides is 1. The van der Waals surface area contributed by atoms with Crippen LogP contribution in [-0.4, -0.2) is 36.5 Å². The monoisotopic (exact) mass is 238 g/mol. The van der Waals surface area contributed by atoms with E-state index >= 15 is 0 Å². The third-order valence-corrected chi connectivity index (χ3v) is 4.39. The Bertz CT molecular complexity index is 259. The van der Waals surface area contributed by atoms with Gasteiger partial charge in [0.05, 0.1) is 6.04 Å². The lowest BCUT2D eigenvalue weighted by Crippen LogP contribution is -2.44. The topological polar surface area (TPSA) is 32.3 Å². The lowest BCUT2D eigenvalue weighted by molar-refractivity contribution is -0.133. The quantitative estimate of drug-likeness (QED) is 0.798. The summed E-state index contributed by atoms with van der Waals surface area (Å²) >= 11 is 0. The predicted octanol–water partition coefficient (Wildman–Crippen LogP) is 2.02. The maximum Gasteiger partial charge on any atom is 0.239 e. The second-order valence-electron chi connectivity index (χ2n) is 5.91. The first-order valence-corrected chi connectivity index (χ1v) is 7.20. The van der Waals surface area contributed by atoms with E-state index in [2.05, 4.69) is 24.1 Å². The Kier molecular flexibility index (Phi) is 4.43. The van der Waals surface area contributed by atoms with E-state index in [1.165, 1.54) is 19.3 Å².